The van der Waals surface area contributed by atoms with E-state index in [-0.39, 0.29) is 11.4 Å². The standard InChI is InChI=1S/C18H23N3O2/c1-18(2,3)21-14-9-10-15(19-12-14)17(22)20-11-13-7-5-6-8-16(13)23-4/h5-10,12,21H,11H2,1-4H3,(H,20,22). The Hall–Kier alpha value is -2.56. The fraction of sp³-hybridized carbons (Fsp3) is 0.333. The number of rotatable bonds is 5. The predicted molar refractivity (Wildman–Crippen MR) is 91.8 cm³/mol. The second-order valence-electron chi connectivity index (χ2n) is 6.30. The van der Waals surface area contributed by atoms with E-state index in [0.29, 0.717) is 12.2 Å². The Balaban J connectivity index is 1.98. The van der Waals surface area contributed by atoms with E-state index in [1.165, 1.54) is 0 Å². The lowest BCUT2D eigenvalue weighted by atomic mass is 10.1. The number of ether oxygens (including phenoxy) is 1. The molecule has 122 valence electrons. The third kappa shape index (κ3) is 4.98. The van der Waals surface area contributed by atoms with Crippen molar-refractivity contribution in [1.82, 2.24) is 10.3 Å². The molecular formula is C18H23N3O2. The first-order chi connectivity index (χ1) is 10.9. The molecule has 0 radical (unpaired) electrons. The average Bonchev–Trinajstić information content (AvgIpc) is 2.52. The molecule has 2 N–H and O–H groups in total. The van der Waals surface area contributed by atoms with Gasteiger partial charge in [-0.3, -0.25) is 4.79 Å². The quantitative estimate of drug-likeness (QED) is 0.889. The molecule has 2 aromatic rings. The van der Waals surface area contributed by atoms with Gasteiger partial charge < -0.3 is 15.4 Å². The number of para-hydroxylation sites is 1. The second kappa shape index (κ2) is 7.13. The summed E-state index contributed by atoms with van der Waals surface area (Å²) in [6.07, 6.45) is 1.67. The SMILES string of the molecule is COc1ccccc1CNC(=O)c1ccc(NC(C)(C)C)cn1. The highest BCUT2D eigenvalue weighted by Gasteiger charge is 2.11. The molecule has 2 rings (SSSR count). The smallest absolute Gasteiger partial charge is 0.270 e. The molecule has 5 heteroatoms. The number of pyridine rings is 1. The molecule has 0 aliphatic carbocycles. The molecule has 0 saturated heterocycles. The molecule has 0 unspecified atom stereocenters. The van der Waals surface area contributed by atoms with E-state index in [4.69, 9.17) is 4.74 Å². The van der Waals surface area contributed by atoms with E-state index in [1.807, 2.05) is 30.3 Å². The van der Waals surface area contributed by atoms with Crippen LogP contribution in [0.5, 0.6) is 5.75 Å². The van der Waals surface area contributed by atoms with Crippen molar-refractivity contribution >= 4 is 11.6 Å². The topological polar surface area (TPSA) is 63.2 Å². The molecule has 1 amide bonds. The highest BCUT2D eigenvalue weighted by atomic mass is 16.5. The van der Waals surface area contributed by atoms with Crippen LogP contribution in [0.15, 0.2) is 42.6 Å². The number of nitrogens with zero attached hydrogens (tertiary/aromatic N) is 1. The zero-order valence-electron chi connectivity index (χ0n) is 14.0. The molecule has 5 nitrogen and oxygen atoms in total. The number of aromatic nitrogens is 1. The summed E-state index contributed by atoms with van der Waals surface area (Å²) >= 11 is 0. The molecule has 23 heavy (non-hydrogen) atoms. The summed E-state index contributed by atoms with van der Waals surface area (Å²) in [5.41, 5.74) is 2.16. The number of amides is 1. The summed E-state index contributed by atoms with van der Waals surface area (Å²) in [7, 11) is 1.61. The molecule has 0 aliphatic rings. The van der Waals surface area contributed by atoms with Gasteiger partial charge in [0.2, 0.25) is 0 Å². The van der Waals surface area contributed by atoms with Gasteiger partial charge in [0.1, 0.15) is 11.4 Å². The Morgan fingerprint density at radius 2 is 1.91 bits per heavy atom. The van der Waals surface area contributed by atoms with Crippen LogP contribution in [0, 0.1) is 0 Å². The van der Waals surface area contributed by atoms with E-state index in [0.717, 1.165) is 17.0 Å². The predicted octanol–water partition coefficient (Wildman–Crippen LogP) is 3.23. The lowest BCUT2D eigenvalue weighted by molar-refractivity contribution is 0.0946. The molecule has 0 bridgehead atoms. The summed E-state index contributed by atoms with van der Waals surface area (Å²) < 4.78 is 5.27. The number of benzene rings is 1. The van der Waals surface area contributed by atoms with Crippen LogP contribution in [0.1, 0.15) is 36.8 Å². The van der Waals surface area contributed by atoms with Crippen molar-refractivity contribution < 1.29 is 9.53 Å². The maximum atomic E-state index is 12.2. The minimum Gasteiger partial charge on any atom is -0.496 e. The third-order valence-electron chi connectivity index (χ3n) is 3.15. The van der Waals surface area contributed by atoms with Gasteiger partial charge in [-0.15, -0.1) is 0 Å². The molecule has 1 aromatic carbocycles. The third-order valence-corrected chi connectivity index (χ3v) is 3.15. The molecule has 0 atom stereocenters. The van der Waals surface area contributed by atoms with Gasteiger partial charge in [-0.1, -0.05) is 18.2 Å². The van der Waals surface area contributed by atoms with Gasteiger partial charge in [0.15, 0.2) is 0 Å². The van der Waals surface area contributed by atoms with Gasteiger partial charge in [0, 0.05) is 17.6 Å². The minimum absolute atomic E-state index is 0.0463. The maximum absolute atomic E-state index is 12.2. The summed E-state index contributed by atoms with van der Waals surface area (Å²) in [6, 6.07) is 11.2. The van der Waals surface area contributed by atoms with Crippen LogP contribution in [0.3, 0.4) is 0 Å². The number of hydrogen-bond acceptors (Lipinski definition) is 4. The van der Waals surface area contributed by atoms with Crippen LogP contribution in [-0.4, -0.2) is 23.5 Å². The number of carbonyl (C=O) groups is 1. The van der Waals surface area contributed by atoms with E-state index in [9.17, 15) is 4.79 Å². The Kier molecular flexibility index (Phi) is 5.21. The Labute approximate surface area is 137 Å². The number of methoxy groups -OCH3 is 1. The monoisotopic (exact) mass is 313 g/mol. The molecule has 0 aliphatic heterocycles. The van der Waals surface area contributed by atoms with E-state index in [2.05, 4.69) is 36.4 Å². The molecule has 0 saturated carbocycles. The van der Waals surface area contributed by atoms with Crippen molar-refractivity contribution in [2.75, 3.05) is 12.4 Å². The van der Waals surface area contributed by atoms with Gasteiger partial charge in [0.25, 0.3) is 5.91 Å². The fourth-order valence-corrected chi connectivity index (χ4v) is 2.15. The van der Waals surface area contributed by atoms with Crippen LogP contribution in [0.2, 0.25) is 0 Å². The first-order valence-corrected chi connectivity index (χ1v) is 7.53. The van der Waals surface area contributed by atoms with Crippen molar-refractivity contribution in [2.24, 2.45) is 0 Å². The Bertz CT molecular complexity index is 661. The summed E-state index contributed by atoms with van der Waals surface area (Å²) in [4.78, 5) is 16.4. The van der Waals surface area contributed by atoms with Crippen LogP contribution < -0.4 is 15.4 Å². The van der Waals surface area contributed by atoms with E-state index >= 15 is 0 Å². The van der Waals surface area contributed by atoms with Gasteiger partial charge >= 0.3 is 0 Å². The van der Waals surface area contributed by atoms with Crippen molar-refractivity contribution in [1.29, 1.82) is 0 Å². The van der Waals surface area contributed by atoms with Crippen LogP contribution in [0.4, 0.5) is 5.69 Å². The van der Waals surface area contributed by atoms with Crippen LogP contribution in [-0.2, 0) is 6.54 Å². The summed E-state index contributed by atoms with van der Waals surface area (Å²) in [6.45, 7) is 6.61. The molecule has 1 heterocycles. The molecular weight excluding hydrogens is 290 g/mol. The normalized spacial score (nSPS) is 11.0. The van der Waals surface area contributed by atoms with Gasteiger partial charge in [-0.2, -0.15) is 0 Å². The largest absolute Gasteiger partial charge is 0.496 e. The fourth-order valence-electron chi connectivity index (χ4n) is 2.15. The van der Waals surface area contributed by atoms with Crippen molar-refractivity contribution in [2.45, 2.75) is 32.9 Å². The second-order valence-corrected chi connectivity index (χ2v) is 6.30. The highest BCUT2D eigenvalue weighted by Crippen LogP contribution is 2.17. The minimum atomic E-state index is -0.210. The van der Waals surface area contributed by atoms with E-state index < -0.39 is 0 Å². The Morgan fingerprint density at radius 1 is 1.17 bits per heavy atom. The first-order valence-electron chi connectivity index (χ1n) is 7.53. The van der Waals surface area contributed by atoms with Gasteiger partial charge in [-0.05, 0) is 39.0 Å². The van der Waals surface area contributed by atoms with Crippen LogP contribution in [0.25, 0.3) is 0 Å². The zero-order valence-corrected chi connectivity index (χ0v) is 14.0. The Morgan fingerprint density at radius 3 is 2.52 bits per heavy atom. The lowest BCUT2D eigenvalue weighted by Gasteiger charge is -2.21. The first kappa shape index (κ1) is 16.8. The molecule has 0 fully saturated rings. The lowest BCUT2D eigenvalue weighted by Crippen LogP contribution is -2.27. The van der Waals surface area contributed by atoms with Crippen LogP contribution >= 0.6 is 0 Å². The van der Waals surface area contributed by atoms with Crippen molar-refractivity contribution in [3.63, 3.8) is 0 Å². The number of nitrogens with one attached hydrogen (secondary N) is 2. The number of anilines is 1. The average molecular weight is 313 g/mol. The molecule has 0 spiro atoms. The number of carbonyl (C=O) groups excluding carboxylic acids is 1. The zero-order chi connectivity index (χ0) is 16.9. The number of hydrogen-bond donors (Lipinski definition) is 2. The van der Waals surface area contributed by atoms with Gasteiger partial charge in [0.05, 0.1) is 19.0 Å². The van der Waals surface area contributed by atoms with Crippen molar-refractivity contribution in [3.8, 4) is 5.75 Å². The van der Waals surface area contributed by atoms with E-state index in [1.54, 1.807) is 19.4 Å². The highest BCUT2D eigenvalue weighted by molar-refractivity contribution is 5.92. The maximum Gasteiger partial charge on any atom is 0.270 e. The van der Waals surface area contributed by atoms with Gasteiger partial charge in [-0.25, -0.2) is 4.98 Å². The summed E-state index contributed by atoms with van der Waals surface area (Å²) in [5.74, 6) is 0.545. The van der Waals surface area contributed by atoms with Crippen molar-refractivity contribution in [3.05, 3.63) is 53.9 Å². The molecule has 1 aromatic heterocycles. The summed E-state index contributed by atoms with van der Waals surface area (Å²) in [5, 5.41) is 6.17.